The molecule has 0 heterocycles. The molecule has 2 nitrogen and oxygen atoms in total. The van der Waals surface area contributed by atoms with Crippen molar-refractivity contribution in [3.8, 4) is 0 Å². The second-order valence-electron chi connectivity index (χ2n) is 5.11. The number of carbonyl (C=O) groups is 1. The van der Waals surface area contributed by atoms with Gasteiger partial charge < -0.3 is 5.32 Å². The average Bonchev–Trinajstić information content (AvgIpc) is 2.36. The number of halogens is 3. The summed E-state index contributed by atoms with van der Waals surface area (Å²) in [4.78, 5) is 12.0. The number of fused-ring (bicyclic) bond motifs is 1. The van der Waals surface area contributed by atoms with E-state index in [0.29, 0.717) is 5.56 Å². The monoisotopic (exact) mass is 339 g/mol. The lowest BCUT2D eigenvalue weighted by Gasteiger charge is -2.35. The first-order chi connectivity index (χ1) is 9.44. The van der Waals surface area contributed by atoms with Crippen molar-refractivity contribution >= 4 is 32.6 Å². The number of alkyl halides is 2. The molecule has 20 heavy (non-hydrogen) atoms. The third-order valence-corrected chi connectivity index (χ3v) is 4.21. The van der Waals surface area contributed by atoms with Crippen LogP contribution in [0.25, 0.3) is 10.8 Å². The van der Waals surface area contributed by atoms with Crippen LogP contribution in [-0.2, 0) is 0 Å². The van der Waals surface area contributed by atoms with Gasteiger partial charge in [0.25, 0.3) is 11.8 Å². The summed E-state index contributed by atoms with van der Waals surface area (Å²) in [6.45, 7) is 0. The van der Waals surface area contributed by atoms with Crippen LogP contribution in [0, 0.1) is 0 Å². The van der Waals surface area contributed by atoms with Gasteiger partial charge in [-0.25, -0.2) is 8.78 Å². The van der Waals surface area contributed by atoms with Gasteiger partial charge in [0.1, 0.15) is 0 Å². The molecule has 0 radical (unpaired) electrons. The SMILES string of the molecule is O=C(NC1CC(F)(F)C1)c1ccc2c(Br)cccc2c1. The third-order valence-electron chi connectivity index (χ3n) is 3.51. The molecule has 0 unspecified atom stereocenters. The smallest absolute Gasteiger partial charge is 0.252 e. The maximum Gasteiger partial charge on any atom is 0.252 e. The molecule has 1 amide bonds. The molecule has 1 aliphatic carbocycles. The van der Waals surface area contributed by atoms with Crippen LogP contribution in [0.4, 0.5) is 8.78 Å². The topological polar surface area (TPSA) is 29.1 Å². The third kappa shape index (κ3) is 2.54. The van der Waals surface area contributed by atoms with Crippen molar-refractivity contribution in [2.24, 2.45) is 0 Å². The molecule has 1 aliphatic rings. The zero-order chi connectivity index (χ0) is 14.3. The molecule has 0 aliphatic heterocycles. The number of benzene rings is 2. The molecule has 0 atom stereocenters. The first-order valence-electron chi connectivity index (χ1n) is 6.32. The Kier molecular flexibility index (Phi) is 3.24. The molecule has 104 valence electrons. The highest BCUT2D eigenvalue weighted by Gasteiger charge is 2.45. The minimum absolute atomic E-state index is 0.266. The van der Waals surface area contributed by atoms with E-state index in [-0.39, 0.29) is 18.7 Å². The molecule has 1 saturated carbocycles. The quantitative estimate of drug-likeness (QED) is 0.875. The molecular formula is C15H12BrF2NO. The van der Waals surface area contributed by atoms with Gasteiger partial charge in [-0.1, -0.05) is 34.1 Å². The summed E-state index contributed by atoms with van der Waals surface area (Å²) < 4.78 is 26.4. The second-order valence-corrected chi connectivity index (χ2v) is 5.96. The summed E-state index contributed by atoms with van der Waals surface area (Å²) in [5, 5.41) is 4.59. The normalized spacial score (nSPS) is 17.8. The highest BCUT2D eigenvalue weighted by molar-refractivity contribution is 9.10. The van der Waals surface area contributed by atoms with Crippen LogP contribution in [0.3, 0.4) is 0 Å². The van der Waals surface area contributed by atoms with Gasteiger partial charge in [-0.15, -0.1) is 0 Å². The Morgan fingerprint density at radius 2 is 2.00 bits per heavy atom. The Morgan fingerprint density at radius 1 is 1.25 bits per heavy atom. The van der Waals surface area contributed by atoms with E-state index in [0.717, 1.165) is 15.2 Å². The molecule has 0 saturated heterocycles. The number of carbonyl (C=O) groups excluding carboxylic acids is 1. The predicted octanol–water partition coefficient (Wildman–Crippen LogP) is 4.13. The molecule has 0 spiro atoms. The fraction of sp³-hybridized carbons (Fsp3) is 0.267. The molecule has 1 N–H and O–H groups in total. The van der Waals surface area contributed by atoms with Crippen molar-refractivity contribution in [1.29, 1.82) is 0 Å². The van der Waals surface area contributed by atoms with E-state index in [1.807, 2.05) is 24.3 Å². The Bertz CT molecular complexity index is 679. The van der Waals surface area contributed by atoms with Crippen molar-refractivity contribution in [3.05, 3.63) is 46.4 Å². The number of nitrogens with one attached hydrogen (secondary N) is 1. The van der Waals surface area contributed by atoms with E-state index in [9.17, 15) is 13.6 Å². The van der Waals surface area contributed by atoms with Crippen LogP contribution >= 0.6 is 15.9 Å². The van der Waals surface area contributed by atoms with Crippen LogP contribution < -0.4 is 5.32 Å². The summed E-state index contributed by atoms with van der Waals surface area (Å²) in [7, 11) is 0. The fourth-order valence-corrected chi connectivity index (χ4v) is 2.93. The van der Waals surface area contributed by atoms with E-state index in [2.05, 4.69) is 21.2 Å². The molecular weight excluding hydrogens is 328 g/mol. The Labute approximate surface area is 123 Å². The first kappa shape index (κ1) is 13.5. The lowest BCUT2D eigenvalue weighted by Crippen LogP contribution is -2.50. The van der Waals surface area contributed by atoms with Crippen molar-refractivity contribution in [2.45, 2.75) is 24.8 Å². The molecule has 2 aromatic rings. The summed E-state index contributed by atoms with van der Waals surface area (Å²) in [6, 6.07) is 10.6. The molecule has 0 aromatic heterocycles. The van der Waals surface area contributed by atoms with Gasteiger partial charge in [-0.2, -0.15) is 0 Å². The van der Waals surface area contributed by atoms with Crippen molar-refractivity contribution in [2.75, 3.05) is 0 Å². The van der Waals surface area contributed by atoms with E-state index < -0.39 is 12.0 Å². The predicted molar refractivity (Wildman–Crippen MR) is 77.1 cm³/mol. The van der Waals surface area contributed by atoms with Gasteiger partial charge >= 0.3 is 0 Å². The Hall–Kier alpha value is -1.49. The number of hydrogen-bond donors (Lipinski definition) is 1. The van der Waals surface area contributed by atoms with Gasteiger partial charge in [0, 0.05) is 28.9 Å². The molecule has 5 heteroatoms. The van der Waals surface area contributed by atoms with Crippen LogP contribution in [-0.4, -0.2) is 17.9 Å². The maximum absolute atomic E-state index is 12.7. The van der Waals surface area contributed by atoms with Crippen molar-refractivity contribution in [3.63, 3.8) is 0 Å². The van der Waals surface area contributed by atoms with E-state index in [1.165, 1.54) is 0 Å². The molecule has 2 aromatic carbocycles. The number of amides is 1. The molecule has 1 fully saturated rings. The summed E-state index contributed by atoms with van der Waals surface area (Å²) in [6.07, 6.45) is -0.532. The van der Waals surface area contributed by atoms with Gasteiger partial charge in [0.15, 0.2) is 0 Å². The minimum Gasteiger partial charge on any atom is -0.349 e. The average molecular weight is 340 g/mol. The summed E-state index contributed by atoms with van der Waals surface area (Å²) in [5.74, 6) is -2.92. The zero-order valence-corrected chi connectivity index (χ0v) is 12.1. The van der Waals surface area contributed by atoms with Gasteiger partial charge in [-0.3, -0.25) is 4.79 Å². The van der Waals surface area contributed by atoms with E-state index in [1.54, 1.807) is 12.1 Å². The fourth-order valence-electron chi connectivity index (χ4n) is 2.42. The first-order valence-corrected chi connectivity index (χ1v) is 7.11. The second kappa shape index (κ2) is 4.81. The number of rotatable bonds is 2. The minimum atomic E-state index is -2.62. The standard InChI is InChI=1S/C15H12BrF2NO/c16-13-3-1-2-9-6-10(4-5-12(9)13)14(20)19-11-7-15(17,18)8-11/h1-6,11H,7-8H2,(H,19,20). The summed E-state index contributed by atoms with van der Waals surface area (Å²) >= 11 is 3.45. The lowest BCUT2D eigenvalue weighted by atomic mass is 9.88. The summed E-state index contributed by atoms with van der Waals surface area (Å²) in [5.41, 5.74) is 0.491. The van der Waals surface area contributed by atoms with Crippen LogP contribution in [0.1, 0.15) is 23.2 Å². The number of hydrogen-bond acceptors (Lipinski definition) is 1. The van der Waals surface area contributed by atoms with Gasteiger partial charge in [0.2, 0.25) is 0 Å². The van der Waals surface area contributed by atoms with E-state index in [4.69, 9.17) is 0 Å². The highest BCUT2D eigenvalue weighted by Crippen LogP contribution is 2.37. The van der Waals surface area contributed by atoms with Gasteiger partial charge in [-0.05, 0) is 29.0 Å². The zero-order valence-electron chi connectivity index (χ0n) is 10.5. The molecule has 3 rings (SSSR count). The lowest BCUT2D eigenvalue weighted by molar-refractivity contribution is -0.0901. The van der Waals surface area contributed by atoms with Crippen LogP contribution in [0.2, 0.25) is 0 Å². The van der Waals surface area contributed by atoms with Crippen LogP contribution in [0.15, 0.2) is 40.9 Å². The Morgan fingerprint density at radius 3 is 2.70 bits per heavy atom. The largest absolute Gasteiger partial charge is 0.349 e. The molecule has 0 bridgehead atoms. The van der Waals surface area contributed by atoms with E-state index >= 15 is 0 Å². The van der Waals surface area contributed by atoms with Crippen LogP contribution in [0.5, 0.6) is 0 Å². The van der Waals surface area contributed by atoms with Gasteiger partial charge in [0.05, 0.1) is 0 Å². The maximum atomic E-state index is 12.7. The van der Waals surface area contributed by atoms with Crippen molar-refractivity contribution in [1.82, 2.24) is 5.32 Å². The van der Waals surface area contributed by atoms with Crippen molar-refractivity contribution < 1.29 is 13.6 Å². The Balaban J connectivity index is 1.79. The highest BCUT2D eigenvalue weighted by atomic mass is 79.9.